The summed E-state index contributed by atoms with van der Waals surface area (Å²) in [6, 6.07) is 8.81. The van der Waals surface area contributed by atoms with E-state index in [1.54, 1.807) is 32.6 Å². The number of carbonyl (C=O) groups is 3. The second-order valence-electron chi connectivity index (χ2n) is 7.37. The van der Waals surface area contributed by atoms with Crippen molar-refractivity contribution in [3.05, 3.63) is 35.9 Å². The molecular weight excluding hydrogens is 348 g/mol. The normalized spacial score (nSPS) is 13.3. The fourth-order valence-electron chi connectivity index (χ4n) is 2.71. The van der Waals surface area contributed by atoms with E-state index in [9.17, 15) is 14.4 Å². The van der Waals surface area contributed by atoms with Gasteiger partial charge < -0.3 is 19.7 Å². The van der Waals surface area contributed by atoms with Gasteiger partial charge in [0.05, 0.1) is 19.6 Å². The van der Waals surface area contributed by atoms with Gasteiger partial charge in [-0.3, -0.25) is 9.59 Å². The van der Waals surface area contributed by atoms with Gasteiger partial charge in [-0.1, -0.05) is 30.3 Å². The van der Waals surface area contributed by atoms with Gasteiger partial charge in [-0.15, -0.1) is 0 Å². The summed E-state index contributed by atoms with van der Waals surface area (Å²) >= 11 is 0. The summed E-state index contributed by atoms with van der Waals surface area (Å²) in [6.45, 7) is 8.68. The molecule has 1 aromatic rings. The first kappa shape index (κ1) is 22.5. The zero-order valence-corrected chi connectivity index (χ0v) is 16.9. The first-order valence-corrected chi connectivity index (χ1v) is 8.95. The smallest absolute Gasteiger partial charge is 0.408 e. The highest BCUT2D eigenvalue weighted by molar-refractivity contribution is 5.83. The van der Waals surface area contributed by atoms with Crippen LogP contribution in [0.3, 0.4) is 0 Å². The summed E-state index contributed by atoms with van der Waals surface area (Å²) in [5, 5.41) is 2.48. The molecule has 0 heterocycles. The Bertz CT molecular complexity index is 640. The molecule has 0 aliphatic rings. The van der Waals surface area contributed by atoms with Crippen molar-refractivity contribution in [2.24, 2.45) is 0 Å². The minimum Gasteiger partial charge on any atom is -0.469 e. The summed E-state index contributed by atoms with van der Waals surface area (Å²) in [5.41, 5.74) is 0.280. The van der Waals surface area contributed by atoms with Gasteiger partial charge in [0, 0.05) is 6.04 Å². The molecule has 1 aromatic carbocycles. The van der Waals surface area contributed by atoms with E-state index in [1.807, 2.05) is 37.3 Å². The van der Waals surface area contributed by atoms with Crippen molar-refractivity contribution < 1.29 is 23.9 Å². The number of alkyl carbamates (subject to hydrolysis) is 1. The number of methoxy groups -OCH3 is 1. The lowest BCUT2D eigenvalue weighted by atomic mass is 10.0. The van der Waals surface area contributed by atoms with Crippen molar-refractivity contribution >= 4 is 18.0 Å². The summed E-state index contributed by atoms with van der Waals surface area (Å²) < 4.78 is 9.88. The lowest BCUT2D eigenvalue weighted by Crippen LogP contribution is -2.47. The topological polar surface area (TPSA) is 84.9 Å². The number of nitrogens with zero attached hydrogens (tertiary/aromatic N) is 1. The van der Waals surface area contributed by atoms with Crippen molar-refractivity contribution in [2.45, 2.75) is 58.7 Å². The Morgan fingerprint density at radius 2 is 1.70 bits per heavy atom. The highest BCUT2D eigenvalue weighted by Gasteiger charge is 2.29. The quantitative estimate of drug-likeness (QED) is 0.737. The third-order valence-corrected chi connectivity index (χ3v) is 3.93. The number of rotatable bonds is 7. The summed E-state index contributed by atoms with van der Waals surface area (Å²) in [4.78, 5) is 38.0. The van der Waals surface area contributed by atoms with Crippen LogP contribution in [0.4, 0.5) is 4.79 Å². The molecule has 150 valence electrons. The maximum atomic E-state index is 12.8. The van der Waals surface area contributed by atoms with E-state index in [4.69, 9.17) is 9.47 Å². The van der Waals surface area contributed by atoms with Crippen LogP contribution >= 0.6 is 0 Å². The third-order valence-electron chi connectivity index (χ3n) is 3.93. The highest BCUT2D eigenvalue weighted by Crippen LogP contribution is 2.24. The molecule has 0 aromatic heterocycles. The molecular formula is C20H30N2O5. The summed E-state index contributed by atoms with van der Waals surface area (Å²) in [6.07, 6.45) is -0.602. The van der Waals surface area contributed by atoms with E-state index < -0.39 is 23.7 Å². The highest BCUT2D eigenvalue weighted by atomic mass is 16.6. The van der Waals surface area contributed by atoms with E-state index in [0.717, 1.165) is 5.56 Å². The number of hydrogen-bond acceptors (Lipinski definition) is 5. The molecule has 0 unspecified atom stereocenters. The number of ether oxygens (including phenoxy) is 2. The van der Waals surface area contributed by atoms with E-state index in [1.165, 1.54) is 7.11 Å². The molecule has 7 nitrogen and oxygen atoms in total. The van der Waals surface area contributed by atoms with Crippen LogP contribution in [0.15, 0.2) is 30.3 Å². The van der Waals surface area contributed by atoms with Gasteiger partial charge in [0.1, 0.15) is 12.1 Å². The van der Waals surface area contributed by atoms with Crippen LogP contribution in [-0.4, -0.2) is 48.2 Å². The molecule has 1 N–H and O–H groups in total. The monoisotopic (exact) mass is 378 g/mol. The lowest BCUT2D eigenvalue weighted by molar-refractivity contribution is -0.144. The Morgan fingerprint density at radius 1 is 1.11 bits per heavy atom. The lowest BCUT2D eigenvalue weighted by Gasteiger charge is -2.35. The second-order valence-corrected chi connectivity index (χ2v) is 7.37. The SMILES string of the molecule is COC(=O)C[C@@H](C)N(C(=O)CNC(=O)OC(C)(C)C)[C@H](C)c1ccccc1. The van der Waals surface area contributed by atoms with E-state index in [0.29, 0.717) is 0 Å². The average molecular weight is 378 g/mol. The minimum absolute atomic E-state index is 0.0614. The zero-order valence-electron chi connectivity index (χ0n) is 16.9. The number of hydrogen-bond donors (Lipinski definition) is 1. The standard InChI is InChI=1S/C20H30N2O5/c1-14(12-18(24)26-6)22(15(2)16-10-8-7-9-11-16)17(23)13-21-19(25)27-20(3,4)5/h7-11,14-15H,12-13H2,1-6H3,(H,21,25)/t14-,15-/m1/s1. The van der Waals surface area contributed by atoms with Crippen molar-refractivity contribution in [1.29, 1.82) is 0 Å². The Labute approximate surface area is 161 Å². The summed E-state index contributed by atoms with van der Waals surface area (Å²) in [7, 11) is 1.31. The molecule has 2 amide bonds. The second kappa shape index (κ2) is 9.94. The summed E-state index contributed by atoms with van der Waals surface area (Å²) in [5.74, 6) is -0.714. The predicted molar refractivity (Wildman–Crippen MR) is 102 cm³/mol. The van der Waals surface area contributed by atoms with Crippen LogP contribution < -0.4 is 5.32 Å². The van der Waals surface area contributed by atoms with Gasteiger partial charge in [0.2, 0.25) is 5.91 Å². The first-order chi connectivity index (χ1) is 12.5. The molecule has 27 heavy (non-hydrogen) atoms. The zero-order chi connectivity index (χ0) is 20.6. The van der Waals surface area contributed by atoms with Gasteiger partial charge in [-0.05, 0) is 40.2 Å². The van der Waals surface area contributed by atoms with Crippen molar-refractivity contribution in [3.8, 4) is 0 Å². The molecule has 1 rings (SSSR count). The van der Waals surface area contributed by atoms with Gasteiger partial charge in [-0.25, -0.2) is 4.79 Å². The fourth-order valence-corrected chi connectivity index (χ4v) is 2.71. The van der Waals surface area contributed by atoms with Gasteiger partial charge in [0.25, 0.3) is 0 Å². The Morgan fingerprint density at radius 3 is 2.22 bits per heavy atom. The van der Waals surface area contributed by atoms with Crippen molar-refractivity contribution in [3.63, 3.8) is 0 Å². The maximum Gasteiger partial charge on any atom is 0.408 e. The van der Waals surface area contributed by atoms with Crippen molar-refractivity contribution in [1.82, 2.24) is 10.2 Å². The molecule has 7 heteroatoms. The molecule has 0 fully saturated rings. The number of nitrogens with one attached hydrogen (secondary N) is 1. The largest absolute Gasteiger partial charge is 0.469 e. The molecule has 0 saturated heterocycles. The third kappa shape index (κ3) is 7.68. The van der Waals surface area contributed by atoms with Gasteiger partial charge in [-0.2, -0.15) is 0 Å². The molecule has 0 radical (unpaired) electrons. The Hall–Kier alpha value is -2.57. The number of benzene rings is 1. The Kier molecular flexibility index (Phi) is 8.28. The van der Waals surface area contributed by atoms with Crippen LogP contribution in [0, 0.1) is 0 Å². The molecule has 0 aliphatic heterocycles. The molecule has 0 aliphatic carbocycles. The number of esters is 1. The van der Waals surface area contributed by atoms with Crippen LogP contribution in [0.2, 0.25) is 0 Å². The van der Waals surface area contributed by atoms with Crippen LogP contribution in [0.5, 0.6) is 0 Å². The maximum absolute atomic E-state index is 12.8. The fraction of sp³-hybridized carbons (Fsp3) is 0.550. The van der Waals surface area contributed by atoms with Crippen LogP contribution in [-0.2, 0) is 19.1 Å². The molecule has 2 atom stereocenters. The van der Waals surface area contributed by atoms with Gasteiger partial charge >= 0.3 is 12.1 Å². The minimum atomic E-state index is -0.663. The van der Waals surface area contributed by atoms with Crippen LogP contribution in [0.1, 0.15) is 52.6 Å². The molecule has 0 saturated carbocycles. The van der Waals surface area contributed by atoms with Gasteiger partial charge in [0.15, 0.2) is 0 Å². The molecule has 0 bridgehead atoms. The van der Waals surface area contributed by atoms with E-state index >= 15 is 0 Å². The first-order valence-electron chi connectivity index (χ1n) is 8.95. The molecule has 0 spiro atoms. The predicted octanol–water partition coefficient (Wildman–Crippen LogP) is 3.05. The average Bonchev–Trinajstić information content (AvgIpc) is 2.59. The van der Waals surface area contributed by atoms with Crippen LogP contribution in [0.25, 0.3) is 0 Å². The van der Waals surface area contributed by atoms with E-state index in [2.05, 4.69) is 5.32 Å². The number of amides is 2. The van der Waals surface area contributed by atoms with E-state index in [-0.39, 0.29) is 24.9 Å². The Balaban J connectivity index is 2.91. The number of carbonyl (C=O) groups excluding carboxylic acids is 3. The van der Waals surface area contributed by atoms with Crippen molar-refractivity contribution in [2.75, 3.05) is 13.7 Å².